The summed E-state index contributed by atoms with van der Waals surface area (Å²) in [5, 5.41) is 9.40. The fourth-order valence-corrected chi connectivity index (χ4v) is 5.88. The summed E-state index contributed by atoms with van der Waals surface area (Å²) in [6, 6.07) is 24.7. The van der Waals surface area contributed by atoms with Crippen molar-refractivity contribution in [3.8, 4) is 5.69 Å². The zero-order valence-corrected chi connectivity index (χ0v) is 22.9. The molecule has 1 N–H and O–H groups in total. The molecule has 1 aromatic heterocycles. The van der Waals surface area contributed by atoms with E-state index in [1.165, 1.54) is 11.8 Å². The molecule has 0 saturated carbocycles. The lowest BCUT2D eigenvalue weighted by atomic mass is 10.0. The molecule has 2 amide bonds. The van der Waals surface area contributed by atoms with E-state index in [9.17, 15) is 9.59 Å². The van der Waals surface area contributed by atoms with E-state index in [4.69, 9.17) is 16.7 Å². The smallest absolute Gasteiger partial charge is 0.247 e. The van der Waals surface area contributed by atoms with Gasteiger partial charge in [-0.3, -0.25) is 9.59 Å². The number of rotatable bonds is 7. The Hall–Kier alpha value is -3.55. The van der Waals surface area contributed by atoms with Crippen molar-refractivity contribution < 1.29 is 9.59 Å². The molecule has 5 rings (SSSR count). The summed E-state index contributed by atoms with van der Waals surface area (Å²) in [6.07, 6.45) is 0.608. The van der Waals surface area contributed by atoms with E-state index in [0.29, 0.717) is 24.5 Å². The molecule has 6 nitrogen and oxygen atoms in total. The molecule has 0 spiro atoms. The Kier molecular flexibility index (Phi) is 7.86. The molecule has 3 aromatic carbocycles. The SMILES string of the molecule is Cc1ccc(CNC(=O)[C@@H]2c3c(C)nn(-c4ccccc4)c3SCC(=O)N2CCc2ccc(Cl)cc2)cc1. The first-order chi connectivity index (χ1) is 18.4. The lowest BCUT2D eigenvalue weighted by molar-refractivity contribution is -0.139. The number of amides is 2. The fourth-order valence-electron chi connectivity index (χ4n) is 4.65. The molecule has 2 heterocycles. The Morgan fingerprint density at radius 1 is 1.00 bits per heavy atom. The van der Waals surface area contributed by atoms with Crippen LogP contribution in [0.2, 0.25) is 5.02 Å². The van der Waals surface area contributed by atoms with Gasteiger partial charge in [0, 0.05) is 23.7 Å². The number of hydrogen-bond donors (Lipinski definition) is 1. The highest BCUT2D eigenvalue weighted by Gasteiger charge is 2.39. The molecule has 0 unspecified atom stereocenters. The van der Waals surface area contributed by atoms with Crippen LogP contribution in [0.4, 0.5) is 0 Å². The summed E-state index contributed by atoms with van der Waals surface area (Å²) in [5.41, 5.74) is 5.62. The second-order valence-electron chi connectivity index (χ2n) is 9.41. The van der Waals surface area contributed by atoms with Gasteiger partial charge < -0.3 is 10.2 Å². The number of aryl methyl sites for hydroxylation is 2. The summed E-state index contributed by atoms with van der Waals surface area (Å²) in [4.78, 5) is 29.1. The number of nitrogens with one attached hydrogen (secondary N) is 1. The van der Waals surface area contributed by atoms with Crippen molar-refractivity contribution in [2.75, 3.05) is 12.3 Å². The highest BCUT2D eigenvalue weighted by atomic mass is 35.5. The van der Waals surface area contributed by atoms with E-state index in [2.05, 4.69) is 5.32 Å². The predicted molar refractivity (Wildman–Crippen MR) is 152 cm³/mol. The molecule has 0 fully saturated rings. The lowest BCUT2D eigenvalue weighted by Crippen LogP contribution is -2.44. The van der Waals surface area contributed by atoms with Crippen molar-refractivity contribution in [1.29, 1.82) is 0 Å². The molecule has 194 valence electrons. The molecule has 4 aromatic rings. The van der Waals surface area contributed by atoms with Gasteiger partial charge in [0.15, 0.2) is 0 Å². The Bertz CT molecular complexity index is 1440. The average Bonchev–Trinajstić information content (AvgIpc) is 3.17. The van der Waals surface area contributed by atoms with Gasteiger partial charge in [0.25, 0.3) is 0 Å². The van der Waals surface area contributed by atoms with Gasteiger partial charge in [-0.2, -0.15) is 5.10 Å². The molecular formula is C30H29ClN4O2S. The summed E-state index contributed by atoms with van der Waals surface area (Å²) in [6.45, 7) is 4.72. The van der Waals surface area contributed by atoms with Gasteiger partial charge in [-0.1, -0.05) is 83.5 Å². The van der Waals surface area contributed by atoms with E-state index in [1.54, 1.807) is 4.90 Å². The molecule has 38 heavy (non-hydrogen) atoms. The average molecular weight is 545 g/mol. The van der Waals surface area contributed by atoms with Crippen molar-refractivity contribution in [2.45, 2.75) is 37.9 Å². The van der Waals surface area contributed by atoms with Gasteiger partial charge in [0.05, 0.1) is 17.1 Å². The summed E-state index contributed by atoms with van der Waals surface area (Å²) in [5.74, 6) is -0.0583. The van der Waals surface area contributed by atoms with Crippen LogP contribution >= 0.6 is 23.4 Å². The van der Waals surface area contributed by atoms with Gasteiger partial charge in [-0.05, 0) is 55.7 Å². The number of carbonyl (C=O) groups excluding carboxylic acids is 2. The standard InChI is InChI=1S/C30H29ClN4O2S/c1-20-8-10-23(11-9-20)18-32-29(37)28-27-21(2)33-35(25-6-4-3-5-7-25)30(27)38-19-26(36)34(28)17-16-22-12-14-24(31)15-13-22/h3-15,28H,16-19H2,1-2H3,(H,32,37)/t28-/m0/s1. The van der Waals surface area contributed by atoms with Gasteiger partial charge in [-0.15, -0.1) is 0 Å². The van der Waals surface area contributed by atoms with Crippen molar-refractivity contribution in [3.63, 3.8) is 0 Å². The second-order valence-corrected chi connectivity index (χ2v) is 10.8. The third-order valence-electron chi connectivity index (χ3n) is 6.69. The minimum Gasteiger partial charge on any atom is -0.350 e. The van der Waals surface area contributed by atoms with E-state index in [-0.39, 0.29) is 17.6 Å². The minimum absolute atomic E-state index is 0.0744. The van der Waals surface area contributed by atoms with Gasteiger partial charge in [0.1, 0.15) is 11.1 Å². The monoisotopic (exact) mass is 544 g/mol. The highest BCUT2D eigenvalue weighted by molar-refractivity contribution is 8.00. The van der Waals surface area contributed by atoms with Crippen molar-refractivity contribution in [1.82, 2.24) is 20.0 Å². The molecule has 8 heteroatoms. The van der Waals surface area contributed by atoms with Gasteiger partial charge in [0.2, 0.25) is 11.8 Å². The number of carbonyl (C=O) groups is 2. The zero-order chi connectivity index (χ0) is 26.6. The maximum absolute atomic E-state index is 13.9. The molecular weight excluding hydrogens is 516 g/mol. The van der Waals surface area contributed by atoms with Crippen LogP contribution < -0.4 is 5.32 Å². The Balaban J connectivity index is 1.50. The number of hydrogen-bond acceptors (Lipinski definition) is 4. The molecule has 1 atom stereocenters. The third kappa shape index (κ3) is 5.64. The first kappa shape index (κ1) is 26.1. The molecule has 1 aliphatic heterocycles. The largest absolute Gasteiger partial charge is 0.350 e. The number of halogens is 1. The fraction of sp³-hybridized carbons (Fsp3) is 0.233. The van der Waals surface area contributed by atoms with E-state index in [0.717, 1.165) is 38.7 Å². The number of aromatic nitrogens is 2. The van der Waals surface area contributed by atoms with Crippen LogP contribution in [0.25, 0.3) is 5.69 Å². The third-order valence-corrected chi connectivity index (χ3v) is 8.00. The van der Waals surface area contributed by atoms with E-state index < -0.39 is 6.04 Å². The Morgan fingerprint density at radius 2 is 1.68 bits per heavy atom. The van der Waals surface area contributed by atoms with E-state index in [1.807, 2.05) is 97.4 Å². The first-order valence-electron chi connectivity index (χ1n) is 12.6. The molecule has 1 aliphatic rings. The van der Waals surface area contributed by atoms with Crippen LogP contribution in [0.15, 0.2) is 83.9 Å². The number of para-hydroxylation sites is 1. The van der Waals surface area contributed by atoms with Crippen molar-refractivity contribution in [3.05, 3.63) is 112 Å². The van der Waals surface area contributed by atoms with Crippen LogP contribution in [0.1, 0.15) is 34.0 Å². The Morgan fingerprint density at radius 3 is 2.39 bits per heavy atom. The minimum atomic E-state index is -0.789. The molecule has 0 saturated heterocycles. The van der Waals surface area contributed by atoms with Crippen LogP contribution in [0.5, 0.6) is 0 Å². The zero-order valence-electron chi connectivity index (χ0n) is 21.4. The number of thioether (sulfide) groups is 1. The second kappa shape index (κ2) is 11.5. The van der Waals surface area contributed by atoms with Gasteiger partial charge >= 0.3 is 0 Å². The predicted octanol–water partition coefficient (Wildman–Crippen LogP) is 5.68. The number of benzene rings is 3. The topological polar surface area (TPSA) is 67.2 Å². The summed E-state index contributed by atoms with van der Waals surface area (Å²) < 4.78 is 1.85. The van der Waals surface area contributed by atoms with Crippen LogP contribution in [0.3, 0.4) is 0 Å². The number of nitrogens with zero attached hydrogens (tertiary/aromatic N) is 3. The summed E-state index contributed by atoms with van der Waals surface area (Å²) >= 11 is 7.50. The maximum atomic E-state index is 13.9. The van der Waals surface area contributed by atoms with Crippen molar-refractivity contribution in [2.24, 2.45) is 0 Å². The van der Waals surface area contributed by atoms with E-state index >= 15 is 0 Å². The Labute approximate surface area is 232 Å². The summed E-state index contributed by atoms with van der Waals surface area (Å²) in [7, 11) is 0. The normalized spacial score (nSPS) is 15.2. The lowest BCUT2D eigenvalue weighted by Gasteiger charge is -2.30. The first-order valence-corrected chi connectivity index (χ1v) is 13.9. The highest BCUT2D eigenvalue weighted by Crippen LogP contribution is 2.39. The van der Waals surface area contributed by atoms with Crippen LogP contribution in [-0.2, 0) is 22.6 Å². The van der Waals surface area contributed by atoms with Gasteiger partial charge in [-0.25, -0.2) is 4.68 Å². The van der Waals surface area contributed by atoms with Crippen molar-refractivity contribution >= 4 is 35.2 Å². The maximum Gasteiger partial charge on any atom is 0.247 e. The molecule has 0 bridgehead atoms. The molecule has 0 radical (unpaired) electrons. The quantitative estimate of drug-likeness (QED) is 0.325. The number of fused-ring (bicyclic) bond motifs is 1. The molecule has 0 aliphatic carbocycles. The van der Waals surface area contributed by atoms with Crippen LogP contribution in [-0.4, -0.2) is 38.8 Å². The van der Waals surface area contributed by atoms with Crippen LogP contribution in [0, 0.1) is 13.8 Å².